The minimum Gasteiger partial charge on any atom is -1.00 e. The Balaban J connectivity index is 0.000000163. The molecular formula is C41H38Cl3N7. The number of halogens is 3. The zero-order valence-electron chi connectivity index (χ0n) is 30.6. The number of benzene rings is 2. The van der Waals surface area contributed by atoms with Crippen LogP contribution >= 0.6 is 23.2 Å². The van der Waals surface area contributed by atoms with E-state index in [1.54, 1.807) is 6.92 Å². The quantitative estimate of drug-likeness (QED) is 0.148. The molecule has 7 aromatic rings. The Morgan fingerprint density at radius 2 is 1.20 bits per heavy atom. The van der Waals surface area contributed by atoms with E-state index >= 15 is 0 Å². The van der Waals surface area contributed by atoms with E-state index in [0.29, 0.717) is 11.2 Å². The lowest BCUT2D eigenvalue weighted by atomic mass is 9.93. The Bertz CT molecular complexity index is 2450. The zero-order valence-corrected chi connectivity index (χ0v) is 30.8. The van der Waals surface area contributed by atoms with E-state index in [0.717, 1.165) is 64.2 Å². The number of pyridine rings is 3. The molecule has 0 spiro atoms. The summed E-state index contributed by atoms with van der Waals surface area (Å²) in [4.78, 5) is 0. The molecule has 2 aromatic carbocycles. The Morgan fingerprint density at radius 3 is 1.71 bits per heavy atom. The first-order valence-electron chi connectivity index (χ1n) is 17.9. The maximum absolute atomic E-state index is 7.57. The van der Waals surface area contributed by atoms with Gasteiger partial charge in [0.2, 0.25) is 0 Å². The zero-order chi connectivity index (χ0) is 36.3. The summed E-state index contributed by atoms with van der Waals surface area (Å²) in [5.74, 6) is 1.92. The van der Waals surface area contributed by atoms with E-state index < -0.39 is 0 Å². The minimum absolute atomic E-state index is 0. The third-order valence-corrected chi connectivity index (χ3v) is 10.9. The molecule has 0 aliphatic heterocycles. The van der Waals surface area contributed by atoms with Crippen LogP contribution in [0.2, 0.25) is 10.0 Å². The molecule has 9 rings (SSSR count). The molecule has 2 aliphatic rings. The van der Waals surface area contributed by atoms with Crippen molar-refractivity contribution in [3.05, 3.63) is 166 Å². The van der Waals surface area contributed by atoms with Gasteiger partial charge < -0.3 is 12.4 Å². The van der Waals surface area contributed by atoms with Gasteiger partial charge in [0.15, 0.2) is 29.2 Å². The highest BCUT2D eigenvalue weighted by atomic mass is 35.5. The normalized spacial score (nSPS) is 15.9. The topological polar surface area (TPSA) is 64.3 Å². The largest absolute Gasteiger partial charge is 1.00 e. The summed E-state index contributed by atoms with van der Waals surface area (Å²) in [5, 5.41) is 19.6. The van der Waals surface area contributed by atoms with Crippen LogP contribution in [-0.2, 0) is 16.4 Å². The molecule has 2 saturated carbocycles. The minimum atomic E-state index is -0.245. The molecular weight excluding hydrogens is 698 g/mol. The maximum atomic E-state index is 7.57. The molecule has 0 amide bonds. The van der Waals surface area contributed by atoms with E-state index in [1.165, 1.54) is 11.1 Å². The first kappa shape index (κ1) is 32.4. The van der Waals surface area contributed by atoms with Crippen molar-refractivity contribution < 1.29 is 19.7 Å². The van der Waals surface area contributed by atoms with Crippen LogP contribution in [-0.4, -0.2) is 29.2 Å². The highest BCUT2D eigenvalue weighted by Crippen LogP contribution is 2.54. The van der Waals surface area contributed by atoms with Crippen LogP contribution in [0.3, 0.4) is 0 Å². The molecule has 10 heteroatoms. The average molecular weight is 738 g/mol. The first-order valence-corrected chi connectivity index (χ1v) is 17.6. The van der Waals surface area contributed by atoms with Gasteiger partial charge in [-0.2, -0.15) is 4.57 Å². The fraction of sp³-hybridized carbons (Fsp3) is 0.244. The molecule has 7 nitrogen and oxygen atoms in total. The van der Waals surface area contributed by atoms with Crippen molar-refractivity contribution >= 4 is 40.1 Å². The Morgan fingerprint density at radius 1 is 0.706 bits per heavy atom. The number of fused-ring (bicyclic) bond motifs is 2. The van der Waals surface area contributed by atoms with Gasteiger partial charge in [0.1, 0.15) is 11.6 Å². The monoisotopic (exact) mass is 736 g/mol. The molecule has 258 valence electrons. The SMILES string of the molecule is CC(C)(c1cccn2c(C3(c4ccc(Cl)cc4)CC3)nnc12)[n+]1ccccc1.[2H][13C]([2H])=C(C)c1cccn2c(C3(c4ccc(Cl)cc4)CC3)nnc12.[Cl-]. The molecule has 0 saturated heterocycles. The van der Waals surface area contributed by atoms with E-state index in [4.69, 9.17) is 25.9 Å². The molecule has 5 heterocycles. The van der Waals surface area contributed by atoms with Crippen LogP contribution in [0.4, 0.5) is 0 Å². The van der Waals surface area contributed by atoms with Crippen molar-refractivity contribution in [2.45, 2.75) is 62.8 Å². The third-order valence-electron chi connectivity index (χ3n) is 10.4. The highest BCUT2D eigenvalue weighted by molar-refractivity contribution is 6.30. The number of rotatable bonds is 7. The summed E-state index contributed by atoms with van der Waals surface area (Å²) in [6.45, 7) is 5.99. The van der Waals surface area contributed by atoms with Crippen molar-refractivity contribution in [2.24, 2.45) is 0 Å². The third kappa shape index (κ3) is 6.01. The number of aromatic nitrogens is 7. The molecule has 0 N–H and O–H groups in total. The van der Waals surface area contributed by atoms with Crippen molar-refractivity contribution in [2.75, 3.05) is 0 Å². The van der Waals surface area contributed by atoms with Gasteiger partial charge in [-0.25, -0.2) is 0 Å². The molecule has 0 bridgehead atoms. The van der Waals surface area contributed by atoms with Gasteiger partial charge >= 0.3 is 0 Å². The molecule has 5 aromatic heterocycles. The number of hydrogen-bond donors (Lipinski definition) is 0. The van der Waals surface area contributed by atoms with Crippen LogP contribution in [0.25, 0.3) is 16.9 Å². The molecule has 51 heavy (non-hydrogen) atoms. The van der Waals surface area contributed by atoms with Gasteiger partial charge in [-0.15, -0.1) is 20.4 Å². The van der Waals surface area contributed by atoms with Crippen LogP contribution in [0.1, 0.15) is 83.1 Å². The van der Waals surface area contributed by atoms with Gasteiger partial charge in [-0.1, -0.05) is 60.1 Å². The van der Waals surface area contributed by atoms with E-state index in [9.17, 15) is 0 Å². The van der Waals surface area contributed by atoms with E-state index in [-0.39, 0.29) is 35.3 Å². The predicted molar refractivity (Wildman–Crippen MR) is 199 cm³/mol. The smallest absolute Gasteiger partial charge is 0.191 e. The van der Waals surface area contributed by atoms with Crippen molar-refractivity contribution in [3.63, 3.8) is 0 Å². The second-order valence-electron chi connectivity index (χ2n) is 13.9. The van der Waals surface area contributed by atoms with Gasteiger partial charge in [-0.05, 0) is 97.8 Å². The molecule has 0 radical (unpaired) electrons. The fourth-order valence-electron chi connectivity index (χ4n) is 7.24. The van der Waals surface area contributed by atoms with Crippen molar-refractivity contribution in [3.8, 4) is 0 Å². The van der Waals surface area contributed by atoms with Gasteiger partial charge in [0, 0.05) is 54.0 Å². The van der Waals surface area contributed by atoms with Gasteiger partial charge in [0.05, 0.1) is 19.1 Å². The summed E-state index contributed by atoms with van der Waals surface area (Å²) in [6.07, 6.45) is 12.4. The standard InChI is InChI=1S/C23H22ClN4.C18H16ClN3.ClH/c1-22(2,27-14-4-3-5-15-27)19-7-6-16-28-20(19)25-26-21(28)23(12-13-23)17-8-10-18(24)11-9-17;1-12(2)15-4-3-11-22-16(15)20-21-17(22)18(9-10-18)13-5-7-14(19)8-6-13;/h3-11,14-16H,12-13H2,1-2H3;3-8,11H,1,9-10H2,2H3;1H/q+1;;/p-1/i;1+1D2;. The summed E-state index contributed by atoms with van der Waals surface area (Å²) in [7, 11) is 0. The lowest BCUT2D eigenvalue weighted by Gasteiger charge is -2.20. The highest BCUT2D eigenvalue weighted by Gasteiger charge is 2.51. The number of allylic oxidation sites excluding steroid dienone is 1. The lowest BCUT2D eigenvalue weighted by Crippen LogP contribution is -3.00. The van der Waals surface area contributed by atoms with E-state index in [1.807, 2.05) is 53.1 Å². The molecule has 0 atom stereocenters. The molecule has 2 aliphatic carbocycles. The molecule has 2 fully saturated rings. The lowest BCUT2D eigenvalue weighted by molar-refractivity contribution is -0.747. The second-order valence-corrected chi connectivity index (χ2v) is 14.8. The fourth-order valence-corrected chi connectivity index (χ4v) is 7.49. The summed E-state index contributed by atoms with van der Waals surface area (Å²) < 4.78 is 21.5. The first-order chi connectivity index (χ1) is 25.0. The van der Waals surface area contributed by atoms with Crippen LogP contribution in [0, 0.1) is 0 Å². The number of nitrogens with zero attached hydrogens (tertiary/aromatic N) is 7. The van der Waals surface area contributed by atoms with Gasteiger partial charge in [0.25, 0.3) is 0 Å². The Labute approximate surface area is 316 Å². The predicted octanol–water partition coefficient (Wildman–Crippen LogP) is 6.03. The van der Waals surface area contributed by atoms with Crippen LogP contribution in [0.5, 0.6) is 0 Å². The van der Waals surface area contributed by atoms with Crippen molar-refractivity contribution in [1.82, 2.24) is 29.2 Å². The Hall–Kier alpha value is -4.56. The Kier molecular flexibility index (Phi) is 8.38. The summed E-state index contributed by atoms with van der Waals surface area (Å²) >= 11 is 12.1. The molecule has 0 unspecified atom stereocenters. The summed E-state index contributed by atoms with van der Waals surface area (Å²) in [6, 6.07) is 30.3. The van der Waals surface area contributed by atoms with Gasteiger partial charge in [-0.3, -0.25) is 8.80 Å². The van der Waals surface area contributed by atoms with Crippen LogP contribution < -0.4 is 17.0 Å². The number of hydrogen-bond acceptors (Lipinski definition) is 4. The van der Waals surface area contributed by atoms with Crippen molar-refractivity contribution in [1.29, 1.82) is 0 Å². The average Bonchev–Trinajstić information content (AvgIpc) is 4.06. The maximum Gasteiger partial charge on any atom is 0.191 e. The summed E-state index contributed by atoms with van der Waals surface area (Å²) in [5.41, 5.74) is 6.16. The van der Waals surface area contributed by atoms with Crippen LogP contribution in [0.15, 0.2) is 122 Å². The van der Waals surface area contributed by atoms with E-state index in [2.05, 4.69) is 110 Å². The second kappa shape index (κ2) is 13.2.